The minimum absolute atomic E-state index is 0.0576. The number of aromatic nitrogens is 2. The summed E-state index contributed by atoms with van der Waals surface area (Å²) < 4.78 is 10.4. The summed E-state index contributed by atoms with van der Waals surface area (Å²) in [6.45, 7) is 4.43. The average Bonchev–Trinajstić information content (AvgIpc) is 2.81. The number of phenolic OH excluding ortho intramolecular Hbond substituents is 1. The van der Waals surface area contributed by atoms with Gasteiger partial charge >= 0.3 is 5.97 Å². The van der Waals surface area contributed by atoms with Crippen molar-refractivity contribution in [3.63, 3.8) is 0 Å². The van der Waals surface area contributed by atoms with Gasteiger partial charge in [-0.25, -0.2) is 9.78 Å². The third-order valence-corrected chi connectivity index (χ3v) is 4.80. The highest BCUT2D eigenvalue weighted by atomic mass is 16.5. The summed E-state index contributed by atoms with van der Waals surface area (Å²) >= 11 is 0. The SMILES string of the molecule is CCCOC(=O)c1cccc(C(CC)Nc2cncc(-c3ccc(O)c(OC)c3)n2)c1. The van der Waals surface area contributed by atoms with E-state index in [1.54, 1.807) is 36.7 Å². The maximum atomic E-state index is 12.2. The molecule has 0 radical (unpaired) electrons. The molecule has 162 valence electrons. The molecule has 2 N–H and O–H groups in total. The predicted molar refractivity (Wildman–Crippen MR) is 119 cm³/mol. The predicted octanol–water partition coefficient (Wildman–Crippen LogP) is 4.99. The van der Waals surface area contributed by atoms with Gasteiger partial charge in [-0.2, -0.15) is 0 Å². The molecule has 0 fully saturated rings. The van der Waals surface area contributed by atoms with E-state index >= 15 is 0 Å². The van der Waals surface area contributed by atoms with Crippen LogP contribution < -0.4 is 10.1 Å². The van der Waals surface area contributed by atoms with Crippen LogP contribution in [0.1, 0.15) is 48.7 Å². The minimum atomic E-state index is -0.318. The van der Waals surface area contributed by atoms with Crippen molar-refractivity contribution in [2.45, 2.75) is 32.7 Å². The molecule has 7 heteroatoms. The number of anilines is 1. The lowest BCUT2D eigenvalue weighted by molar-refractivity contribution is 0.0505. The Hall–Kier alpha value is -3.61. The van der Waals surface area contributed by atoms with Crippen molar-refractivity contribution in [1.29, 1.82) is 0 Å². The average molecular weight is 421 g/mol. The number of esters is 1. The standard InChI is InChI=1S/C24H27N3O4/c1-4-11-31-24(29)18-8-6-7-16(12-18)19(5-2)26-23-15-25-14-20(27-23)17-9-10-21(28)22(13-17)30-3/h6-10,12-15,19,28H,4-5,11H2,1-3H3,(H,26,27). The molecule has 7 nitrogen and oxygen atoms in total. The van der Waals surface area contributed by atoms with Crippen LogP contribution in [0.2, 0.25) is 0 Å². The van der Waals surface area contributed by atoms with Gasteiger partial charge in [0.15, 0.2) is 11.5 Å². The summed E-state index contributed by atoms with van der Waals surface area (Å²) in [4.78, 5) is 21.2. The van der Waals surface area contributed by atoms with Crippen molar-refractivity contribution in [3.8, 4) is 22.8 Å². The number of aromatic hydroxyl groups is 1. The molecule has 1 aromatic heterocycles. The highest BCUT2D eigenvalue weighted by Crippen LogP contribution is 2.31. The van der Waals surface area contributed by atoms with Gasteiger partial charge in [-0.3, -0.25) is 4.98 Å². The van der Waals surface area contributed by atoms with E-state index in [4.69, 9.17) is 9.47 Å². The Labute approximate surface area is 182 Å². The van der Waals surface area contributed by atoms with E-state index in [0.29, 0.717) is 29.4 Å². The number of methoxy groups -OCH3 is 1. The Morgan fingerprint density at radius 2 is 2.00 bits per heavy atom. The van der Waals surface area contributed by atoms with Gasteiger partial charge in [-0.15, -0.1) is 0 Å². The summed E-state index contributed by atoms with van der Waals surface area (Å²) in [5, 5.41) is 13.2. The van der Waals surface area contributed by atoms with Crippen molar-refractivity contribution in [3.05, 3.63) is 66.0 Å². The van der Waals surface area contributed by atoms with Gasteiger partial charge in [0.2, 0.25) is 0 Å². The molecule has 0 aliphatic carbocycles. The monoisotopic (exact) mass is 421 g/mol. The molecule has 0 amide bonds. The molecule has 0 saturated carbocycles. The maximum absolute atomic E-state index is 12.2. The zero-order valence-corrected chi connectivity index (χ0v) is 18.0. The first-order valence-corrected chi connectivity index (χ1v) is 10.3. The first-order chi connectivity index (χ1) is 15.0. The van der Waals surface area contributed by atoms with Crippen LogP contribution in [0.3, 0.4) is 0 Å². The van der Waals surface area contributed by atoms with Gasteiger partial charge in [0, 0.05) is 5.56 Å². The molecule has 0 aliphatic heterocycles. The molecule has 0 spiro atoms. The summed E-state index contributed by atoms with van der Waals surface area (Å²) in [5.41, 5.74) is 2.92. The molecule has 0 aliphatic rings. The molecule has 1 atom stereocenters. The number of carbonyl (C=O) groups is 1. The summed E-state index contributed by atoms with van der Waals surface area (Å²) in [6, 6.07) is 12.4. The lowest BCUT2D eigenvalue weighted by Gasteiger charge is -2.19. The lowest BCUT2D eigenvalue weighted by atomic mass is 10.0. The Morgan fingerprint density at radius 1 is 1.16 bits per heavy atom. The molecule has 2 aromatic carbocycles. The molecule has 1 heterocycles. The van der Waals surface area contributed by atoms with Gasteiger partial charge in [0.25, 0.3) is 0 Å². The number of ether oxygens (including phenoxy) is 2. The Kier molecular flexibility index (Phi) is 7.43. The van der Waals surface area contributed by atoms with Crippen LogP contribution in [0.5, 0.6) is 11.5 Å². The number of benzene rings is 2. The first-order valence-electron chi connectivity index (χ1n) is 10.3. The van der Waals surface area contributed by atoms with Crippen molar-refractivity contribution in [2.75, 3.05) is 19.0 Å². The van der Waals surface area contributed by atoms with Crippen molar-refractivity contribution >= 4 is 11.8 Å². The summed E-state index contributed by atoms with van der Waals surface area (Å²) in [5.74, 6) is 0.727. The van der Waals surface area contributed by atoms with Crippen LogP contribution in [0.15, 0.2) is 54.9 Å². The fraction of sp³-hybridized carbons (Fsp3) is 0.292. The van der Waals surface area contributed by atoms with E-state index in [2.05, 4.69) is 22.2 Å². The maximum Gasteiger partial charge on any atom is 0.338 e. The van der Waals surface area contributed by atoms with Crippen LogP contribution in [0, 0.1) is 0 Å². The van der Waals surface area contributed by atoms with Crippen molar-refractivity contribution in [1.82, 2.24) is 9.97 Å². The second-order valence-corrected chi connectivity index (χ2v) is 7.04. The van der Waals surface area contributed by atoms with E-state index in [9.17, 15) is 9.90 Å². The highest BCUT2D eigenvalue weighted by molar-refractivity contribution is 5.89. The van der Waals surface area contributed by atoms with Gasteiger partial charge in [0.1, 0.15) is 5.82 Å². The van der Waals surface area contributed by atoms with Gasteiger partial charge in [-0.05, 0) is 48.7 Å². The number of phenols is 1. The van der Waals surface area contributed by atoms with Gasteiger partial charge in [-0.1, -0.05) is 26.0 Å². The zero-order chi connectivity index (χ0) is 22.2. The third-order valence-electron chi connectivity index (χ3n) is 4.80. The zero-order valence-electron chi connectivity index (χ0n) is 18.0. The van der Waals surface area contributed by atoms with E-state index in [0.717, 1.165) is 24.0 Å². The van der Waals surface area contributed by atoms with E-state index in [1.165, 1.54) is 7.11 Å². The van der Waals surface area contributed by atoms with Crippen LogP contribution in [-0.2, 0) is 4.74 Å². The summed E-state index contributed by atoms with van der Waals surface area (Å²) in [7, 11) is 1.50. The smallest absolute Gasteiger partial charge is 0.338 e. The van der Waals surface area contributed by atoms with Crippen LogP contribution in [-0.4, -0.2) is 34.8 Å². The minimum Gasteiger partial charge on any atom is -0.504 e. The van der Waals surface area contributed by atoms with Crippen molar-refractivity contribution in [2.24, 2.45) is 0 Å². The fourth-order valence-electron chi connectivity index (χ4n) is 3.17. The molecular formula is C24H27N3O4. The molecule has 0 bridgehead atoms. The molecule has 0 saturated heterocycles. The Balaban J connectivity index is 1.81. The van der Waals surface area contributed by atoms with Crippen molar-refractivity contribution < 1.29 is 19.4 Å². The number of hydrogen-bond acceptors (Lipinski definition) is 7. The van der Waals surface area contributed by atoms with E-state index in [1.807, 2.05) is 25.1 Å². The van der Waals surface area contributed by atoms with Crippen LogP contribution in [0.4, 0.5) is 5.82 Å². The Morgan fingerprint density at radius 3 is 2.74 bits per heavy atom. The second kappa shape index (κ2) is 10.4. The van der Waals surface area contributed by atoms with Gasteiger partial charge in [0.05, 0.1) is 43.4 Å². The van der Waals surface area contributed by atoms with E-state index in [-0.39, 0.29) is 17.8 Å². The third kappa shape index (κ3) is 5.51. The Bertz CT molecular complexity index is 1040. The highest BCUT2D eigenvalue weighted by Gasteiger charge is 2.15. The van der Waals surface area contributed by atoms with Crippen LogP contribution >= 0.6 is 0 Å². The molecule has 3 aromatic rings. The number of hydrogen-bond donors (Lipinski definition) is 2. The molecular weight excluding hydrogens is 394 g/mol. The number of rotatable bonds is 9. The largest absolute Gasteiger partial charge is 0.504 e. The van der Waals surface area contributed by atoms with E-state index < -0.39 is 0 Å². The topological polar surface area (TPSA) is 93.6 Å². The number of nitrogens with zero attached hydrogens (tertiary/aromatic N) is 2. The lowest BCUT2D eigenvalue weighted by Crippen LogP contribution is -2.13. The quantitative estimate of drug-likeness (QED) is 0.470. The number of nitrogens with one attached hydrogen (secondary N) is 1. The second-order valence-electron chi connectivity index (χ2n) is 7.04. The molecule has 31 heavy (non-hydrogen) atoms. The molecule has 3 rings (SSSR count). The first kappa shape index (κ1) is 22.1. The van der Waals surface area contributed by atoms with Gasteiger partial charge < -0.3 is 19.9 Å². The summed E-state index contributed by atoms with van der Waals surface area (Å²) in [6.07, 6.45) is 4.88. The fourth-order valence-corrected chi connectivity index (χ4v) is 3.17. The normalized spacial score (nSPS) is 11.6. The molecule has 1 unspecified atom stereocenters. The van der Waals surface area contributed by atoms with Crippen LogP contribution in [0.25, 0.3) is 11.3 Å². The number of carbonyl (C=O) groups excluding carboxylic acids is 1.